The van der Waals surface area contributed by atoms with Crippen molar-refractivity contribution >= 4 is 6.03 Å². The molecule has 15 heavy (non-hydrogen) atoms. The zero-order valence-corrected chi connectivity index (χ0v) is 9.75. The molecule has 0 aromatic carbocycles. The summed E-state index contributed by atoms with van der Waals surface area (Å²) in [5, 5.41) is 6.16. The molecule has 0 aromatic heterocycles. The predicted molar refractivity (Wildman–Crippen MR) is 61.0 cm³/mol. The highest BCUT2D eigenvalue weighted by molar-refractivity contribution is 5.74. The van der Waals surface area contributed by atoms with Crippen molar-refractivity contribution in [1.82, 2.24) is 20.4 Å². The van der Waals surface area contributed by atoms with E-state index in [0.29, 0.717) is 0 Å². The Kier molecular flexibility index (Phi) is 5.42. The molecule has 5 heteroatoms. The van der Waals surface area contributed by atoms with Crippen molar-refractivity contribution in [3.8, 4) is 0 Å². The summed E-state index contributed by atoms with van der Waals surface area (Å²) in [6.45, 7) is 5.23. The van der Waals surface area contributed by atoms with Gasteiger partial charge in [0.25, 0.3) is 0 Å². The summed E-state index contributed by atoms with van der Waals surface area (Å²) in [5.74, 6) is 0. The number of piperazine rings is 1. The van der Waals surface area contributed by atoms with Gasteiger partial charge >= 0.3 is 6.03 Å². The second-order valence-corrected chi connectivity index (χ2v) is 4.13. The quantitative estimate of drug-likeness (QED) is 0.623. The predicted octanol–water partition coefficient (Wildman–Crippen LogP) is -0.447. The summed E-state index contributed by atoms with van der Waals surface area (Å²) in [4.78, 5) is 15.6. The fraction of sp³-hybridized carbons (Fsp3) is 0.900. The average Bonchev–Trinajstić information content (AvgIpc) is 2.25. The van der Waals surface area contributed by atoms with E-state index < -0.39 is 0 Å². The van der Waals surface area contributed by atoms with Crippen LogP contribution in [0.15, 0.2) is 0 Å². The molecule has 2 N–H and O–H groups in total. The van der Waals surface area contributed by atoms with E-state index in [-0.39, 0.29) is 6.03 Å². The number of amides is 2. The molecule has 88 valence electrons. The van der Waals surface area contributed by atoms with E-state index in [4.69, 9.17) is 0 Å². The van der Waals surface area contributed by atoms with Gasteiger partial charge in [-0.25, -0.2) is 4.79 Å². The van der Waals surface area contributed by atoms with Crippen LogP contribution in [0.1, 0.15) is 6.42 Å². The first-order chi connectivity index (χ1) is 7.20. The minimum absolute atomic E-state index is 0.0789. The van der Waals surface area contributed by atoms with E-state index in [2.05, 4.69) is 15.5 Å². The molecular weight excluding hydrogens is 192 g/mol. The number of hydrogen-bond acceptors (Lipinski definition) is 3. The van der Waals surface area contributed by atoms with Gasteiger partial charge in [-0.2, -0.15) is 0 Å². The van der Waals surface area contributed by atoms with E-state index >= 15 is 0 Å². The zero-order chi connectivity index (χ0) is 11.1. The molecule has 0 bridgehead atoms. The molecule has 0 aromatic rings. The second kappa shape index (κ2) is 6.63. The maximum absolute atomic E-state index is 11.6. The molecule has 5 nitrogen and oxygen atoms in total. The molecule has 1 aliphatic heterocycles. The van der Waals surface area contributed by atoms with Crippen molar-refractivity contribution in [2.75, 3.05) is 53.4 Å². The van der Waals surface area contributed by atoms with Crippen LogP contribution >= 0.6 is 0 Å². The van der Waals surface area contributed by atoms with Crippen molar-refractivity contribution in [3.63, 3.8) is 0 Å². The number of carbonyl (C=O) groups is 1. The van der Waals surface area contributed by atoms with Gasteiger partial charge in [0.1, 0.15) is 0 Å². The molecule has 1 aliphatic rings. The van der Waals surface area contributed by atoms with Crippen molar-refractivity contribution in [3.05, 3.63) is 0 Å². The lowest BCUT2D eigenvalue weighted by atomic mass is 10.4. The topological polar surface area (TPSA) is 47.6 Å². The van der Waals surface area contributed by atoms with E-state index in [1.165, 1.54) is 0 Å². The Morgan fingerprint density at radius 1 is 1.40 bits per heavy atom. The van der Waals surface area contributed by atoms with E-state index in [9.17, 15) is 4.79 Å². The smallest absolute Gasteiger partial charge is 0.317 e. The summed E-state index contributed by atoms with van der Waals surface area (Å²) in [7, 11) is 4.08. The van der Waals surface area contributed by atoms with Crippen LogP contribution in [-0.4, -0.2) is 69.2 Å². The fourth-order valence-electron chi connectivity index (χ4n) is 1.57. The van der Waals surface area contributed by atoms with Gasteiger partial charge in [0.05, 0.1) is 0 Å². The van der Waals surface area contributed by atoms with Crippen molar-refractivity contribution in [2.45, 2.75) is 6.42 Å². The number of carbonyl (C=O) groups excluding carboxylic acids is 1. The zero-order valence-electron chi connectivity index (χ0n) is 9.75. The van der Waals surface area contributed by atoms with Gasteiger partial charge in [-0.05, 0) is 27.1 Å². The molecular formula is C10H22N4O. The number of nitrogens with zero attached hydrogens (tertiary/aromatic N) is 2. The monoisotopic (exact) mass is 214 g/mol. The van der Waals surface area contributed by atoms with E-state index in [1.807, 2.05) is 19.0 Å². The third-order valence-corrected chi connectivity index (χ3v) is 2.46. The highest BCUT2D eigenvalue weighted by atomic mass is 16.2. The first-order valence-corrected chi connectivity index (χ1v) is 5.58. The van der Waals surface area contributed by atoms with Gasteiger partial charge < -0.3 is 20.4 Å². The lowest BCUT2D eigenvalue weighted by Crippen LogP contribution is -2.50. The van der Waals surface area contributed by atoms with Crippen LogP contribution in [0.5, 0.6) is 0 Å². The van der Waals surface area contributed by atoms with Gasteiger partial charge in [0.15, 0.2) is 0 Å². The Balaban J connectivity index is 2.07. The highest BCUT2D eigenvalue weighted by Crippen LogP contribution is 1.92. The lowest BCUT2D eigenvalue weighted by molar-refractivity contribution is 0.189. The summed E-state index contributed by atoms with van der Waals surface area (Å²) < 4.78 is 0. The van der Waals surface area contributed by atoms with Crippen LogP contribution in [0.2, 0.25) is 0 Å². The van der Waals surface area contributed by atoms with Crippen LogP contribution in [-0.2, 0) is 0 Å². The minimum atomic E-state index is 0.0789. The van der Waals surface area contributed by atoms with Gasteiger partial charge in [0, 0.05) is 32.7 Å². The molecule has 1 saturated heterocycles. The number of rotatable bonds is 4. The number of nitrogens with one attached hydrogen (secondary N) is 2. The molecule has 0 aliphatic carbocycles. The summed E-state index contributed by atoms with van der Waals surface area (Å²) in [5.41, 5.74) is 0. The Morgan fingerprint density at radius 2 is 2.07 bits per heavy atom. The maximum Gasteiger partial charge on any atom is 0.317 e. The van der Waals surface area contributed by atoms with Gasteiger partial charge in [-0.15, -0.1) is 0 Å². The van der Waals surface area contributed by atoms with Gasteiger partial charge in [-0.1, -0.05) is 0 Å². The number of urea groups is 1. The van der Waals surface area contributed by atoms with Crippen molar-refractivity contribution < 1.29 is 4.79 Å². The van der Waals surface area contributed by atoms with Crippen LogP contribution in [0, 0.1) is 0 Å². The van der Waals surface area contributed by atoms with Crippen LogP contribution in [0.4, 0.5) is 4.79 Å². The Hall–Kier alpha value is -0.810. The molecule has 1 heterocycles. The molecule has 0 radical (unpaired) electrons. The van der Waals surface area contributed by atoms with E-state index in [1.54, 1.807) is 0 Å². The standard InChI is InChI=1S/C10H22N4O/c1-13(2)7-3-4-12-10(15)14-8-5-11-6-9-14/h11H,3-9H2,1-2H3,(H,12,15). The molecule has 1 rings (SSSR count). The molecule has 0 spiro atoms. The third kappa shape index (κ3) is 4.99. The van der Waals surface area contributed by atoms with Crippen LogP contribution in [0.25, 0.3) is 0 Å². The molecule has 2 amide bonds. The maximum atomic E-state index is 11.6. The van der Waals surface area contributed by atoms with E-state index in [0.717, 1.165) is 45.7 Å². The van der Waals surface area contributed by atoms with Crippen LogP contribution in [0.3, 0.4) is 0 Å². The second-order valence-electron chi connectivity index (χ2n) is 4.13. The van der Waals surface area contributed by atoms with Gasteiger partial charge in [-0.3, -0.25) is 0 Å². The Morgan fingerprint density at radius 3 is 2.67 bits per heavy atom. The molecule has 0 atom stereocenters. The normalized spacial score (nSPS) is 16.9. The van der Waals surface area contributed by atoms with Crippen LogP contribution < -0.4 is 10.6 Å². The van der Waals surface area contributed by atoms with Crippen molar-refractivity contribution in [2.24, 2.45) is 0 Å². The average molecular weight is 214 g/mol. The Bertz CT molecular complexity index is 190. The number of hydrogen-bond donors (Lipinski definition) is 2. The molecule has 1 fully saturated rings. The molecule has 0 saturated carbocycles. The van der Waals surface area contributed by atoms with Gasteiger partial charge in [0.2, 0.25) is 0 Å². The summed E-state index contributed by atoms with van der Waals surface area (Å²) >= 11 is 0. The minimum Gasteiger partial charge on any atom is -0.338 e. The first kappa shape index (κ1) is 12.3. The summed E-state index contributed by atoms with van der Waals surface area (Å²) in [6, 6.07) is 0.0789. The Labute approximate surface area is 91.8 Å². The first-order valence-electron chi connectivity index (χ1n) is 5.58. The summed E-state index contributed by atoms with van der Waals surface area (Å²) in [6.07, 6.45) is 1.00. The lowest BCUT2D eigenvalue weighted by Gasteiger charge is -2.27. The van der Waals surface area contributed by atoms with Crippen molar-refractivity contribution in [1.29, 1.82) is 0 Å². The molecule has 0 unspecified atom stereocenters. The third-order valence-electron chi connectivity index (χ3n) is 2.46. The SMILES string of the molecule is CN(C)CCCNC(=O)N1CCNCC1. The highest BCUT2D eigenvalue weighted by Gasteiger charge is 2.14. The fourth-order valence-corrected chi connectivity index (χ4v) is 1.57. The largest absolute Gasteiger partial charge is 0.338 e.